The number of phenolic OH excluding ortho intramolecular Hbond substituents is 1. The third kappa shape index (κ3) is 4.28. The van der Waals surface area contributed by atoms with Gasteiger partial charge in [-0.1, -0.05) is 60.7 Å². The van der Waals surface area contributed by atoms with Crippen molar-refractivity contribution < 1.29 is 15.0 Å². The first-order valence-electron chi connectivity index (χ1n) is 9.55. The van der Waals surface area contributed by atoms with Crippen molar-refractivity contribution in [3.05, 3.63) is 96.1 Å². The molecule has 0 amide bonds. The molecule has 0 atom stereocenters. The van der Waals surface area contributed by atoms with Crippen LogP contribution >= 0.6 is 0 Å². The molecule has 152 valence electrons. The number of carbonyl (C=O) groups is 1. The number of nitrogen functional groups attached to an aromatic ring is 1. The summed E-state index contributed by atoms with van der Waals surface area (Å²) in [6.07, 6.45) is 1.43. The van der Waals surface area contributed by atoms with Crippen molar-refractivity contribution in [2.45, 2.75) is 0 Å². The predicted molar refractivity (Wildman–Crippen MR) is 123 cm³/mol. The van der Waals surface area contributed by atoms with Crippen molar-refractivity contribution in [2.24, 2.45) is 10.2 Å². The third-order valence-corrected chi connectivity index (χ3v) is 4.83. The minimum absolute atomic E-state index is 0.0776. The number of nitrogens with two attached hydrogens (primary N) is 1. The van der Waals surface area contributed by atoms with Gasteiger partial charge in [0.05, 0.1) is 16.9 Å². The number of fused-ring (bicyclic) bond motifs is 1. The molecular formula is C25H19N3O3. The fraction of sp³-hybridized carbons (Fsp3) is 0. The molecule has 0 heterocycles. The second-order valence-corrected chi connectivity index (χ2v) is 6.90. The fourth-order valence-electron chi connectivity index (χ4n) is 3.25. The minimum Gasteiger partial charge on any atom is -0.507 e. The lowest BCUT2D eigenvalue weighted by Gasteiger charge is -2.06. The number of rotatable bonds is 5. The Morgan fingerprint density at radius 1 is 0.871 bits per heavy atom. The van der Waals surface area contributed by atoms with Gasteiger partial charge in [-0.05, 0) is 35.2 Å². The lowest BCUT2D eigenvalue weighted by molar-refractivity contribution is -0.130. The van der Waals surface area contributed by atoms with Crippen LogP contribution in [0.1, 0.15) is 11.1 Å². The van der Waals surface area contributed by atoms with Crippen LogP contribution in [0.5, 0.6) is 5.75 Å². The van der Waals surface area contributed by atoms with E-state index in [0.717, 1.165) is 10.8 Å². The zero-order chi connectivity index (χ0) is 21.8. The van der Waals surface area contributed by atoms with Crippen molar-refractivity contribution in [2.75, 3.05) is 5.73 Å². The Hall–Kier alpha value is -4.45. The van der Waals surface area contributed by atoms with Crippen LogP contribution in [-0.4, -0.2) is 16.2 Å². The largest absolute Gasteiger partial charge is 0.507 e. The Kier molecular flexibility index (Phi) is 5.45. The highest BCUT2D eigenvalue weighted by Crippen LogP contribution is 2.34. The van der Waals surface area contributed by atoms with Crippen LogP contribution < -0.4 is 5.73 Å². The first kappa shape index (κ1) is 19.8. The van der Waals surface area contributed by atoms with Crippen LogP contribution in [0.4, 0.5) is 17.1 Å². The molecule has 0 radical (unpaired) electrons. The predicted octanol–water partition coefficient (Wildman–Crippen LogP) is 6.17. The molecule has 0 bridgehead atoms. The van der Waals surface area contributed by atoms with Crippen molar-refractivity contribution in [3.63, 3.8) is 0 Å². The van der Waals surface area contributed by atoms with Crippen molar-refractivity contribution in [3.8, 4) is 5.75 Å². The number of benzene rings is 4. The summed E-state index contributed by atoms with van der Waals surface area (Å²) >= 11 is 0. The van der Waals surface area contributed by atoms with E-state index in [2.05, 4.69) is 10.2 Å². The summed E-state index contributed by atoms with van der Waals surface area (Å²) in [6.45, 7) is 0. The van der Waals surface area contributed by atoms with E-state index in [0.29, 0.717) is 28.2 Å². The van der Waals surface area contributed by atoms with E-state index in [1.165, 1.54) is 12.1 Å². The molecule has 0 unspecified atom stereocenters. The molecule has 0 aliphatic rings. The summed E-state index contributed by atoms with van der Waals surface area (Å²) in [5, 5.41) is 30.4. The lowest BCUT2D eigenvalue weighted by Crippen LogP contribution is -1.99. The highest BCUT2D eigenvalue weighted by atomic mass is 16.4. The van der Waals surface area contributed by atoms with Gasteiger partial charge in [0.25, 0.3) is 0 Å². The summed E-state index contributed by atoms with van der Waals surface area (Å²) in [5.41, 5.74) is 8.54. The monoisotopic (exact) mass is 409 g/mol. The molecule has 4 aromatic rings. The molecule has 0 fully saturated rings. The van der Waals surface area contributed by atoms with E-state index in [-0.39, 0.29) is 11.3 Å². The standard InChI is InChI=1S/C25H19N3O3/c26-22-13-11-17-8-4-5-9-20(17)24(22)28-27-19-12-10-18(23(29)15-19)14-21(25(30)31)16-6-2-1-3-7-16/h1-15,29H,26H2,(H,30,31)/b21-14+,28-27?. The van der Waals surface area contributed by atoms with Crippen LogP contribution in [-0.2, 0) is 4.79 Å². The molecule has 0 saturated carbocycles. The van der Waals surface area contributed by atoms with Gasteiger partial charge >= 0.3 is 5.97 Å². The minimum atomic E-state index is -1.08. The van der Waals surface area contributed by atoms with E-state index >= 15 is 0 Å². The van der Waals surface area contributed by atoms with E-state index in [1.807, 2.05) is 36.4 Å². The number of azo groups is 1. The second kappa shape index (κ2) is 8.51. The highest BCUT2D eigenvalue weighted by Gasteiger charge is 2.12. The number of anilines is 1. The lowest BCUT2D eigenvalue weighted by atomic mass is 10.0. The molecule has 4 N–H and O–H groups in total. The summed E-state index contributed by atoms with van der Waals surface area (Å²) in [5.74, 6) is -1.18. The number of nitrogens with zero attached hydrogens (tertiary/aromatic N) is 2. The zero-order valence-corrected chi connectivity index (χ0v) is 16.4. The molecule has 0 aliphatic carbocycles. The molecule has 31 heavy (non-hydrogen) atoms. The van der Waals surface area contributed by atoms with Gasteiger partial charge in [0, 0.05) is 17.0 Å². The number of aliphatic carboxylic acids is 1. The Balaban J connectivity index is 1.67. The molecule has 0 saturated heterocycles. The average molecular weight is 409 g/mol. The first-order chi connectivity index (χ1) is 15.0. The summed E-state index contributed by atoms with van der Waals surface area (Å²) < 4.78 is 0. The Bertz CT molecular complexity index is 1330. The van der Waals surface area contributed by atoms with Crippen LogP contribution in [0.25, 0.3) is 22.4 Å². The fourth-order valence-corrected chi connectivity index (χ4v) is 3.25. The van der Waals surface area contributed by atoms with Gasteiger partial charge in [0.2, 0.25) is 0 Å². The molecule has 0 spiro atoms. The van der Waals surface area contributed by atoms with Gasteiger partial charge in [0.15, 0.2) is 0 Å². The Morgan fingerprint density at radius 3 is 2.35 bits per heavy atom. The average Bonchev–Trinajstić information content (AvgIpc) is 2.78. The number of carboxylic acid groups (broad SMARTS) is 1. The zero-order valence-electron chi connectivity index (χ0n) is 16.4. The third-order valence-electron chi connectivity index (χ3n) is 4.83. The molecule has 6 heteroatoms. The number of phenols is 1. The van der Waals surface area contributed by atoms with Crippen molar-refractivity contribution in [1.82, 2.24) is 0 Å². The summed E-state index contributed by atoms with van der Waals surface area (Å²) in [6, 6.07) is 24.8. The van der Waals surface area contributed by atoms with Crippen molar-refractivity contribution in [1.29, 1.82) is 0 Å². The summed E-state index contributed by atoms with van der Waals surface area (Å²) in [7, 11) is 0. The number of aromatic hydroxyl groups is 1. The van der Waals surface area contributed by atoms with Gasteiger partial charge in [-0.2, -0.15) is 5.11 Å². The van der Waals surface area contributed by atoms with Crippen LogP contribution in [0.3, 0.4) is 0 Å². The van der Waals surface area contributed by atoms with E-state index in [1.54, 1.807) is 42.5 Å². The normalized spacial score (nSPS) is 11.8. The molecule has 6 nitrogen and oxygen atoms in total. The number of carboxylic acids is 1. The van der Waals surface area contributed by atoms with Crippen LogP contribution in [0, 0.1) is 0 Å². The van der Waals surface area contributed by atoms with Gasteiger partial charge in [-0.25, -0.2) is 4.79 Å². The van der Waals surface area contributed by atoms with Crippen LogP contribution in [0.15, 0.2) is 95.2 Å². The molecule has 4 aromatic carbocycles. The van der Waals surface area contributed by atoms with Gasteiger partial charge < -0.3 is 15.9 Å². The first-order valence-corrected chi connectivity index (χ1v) is 9.55. The quantitative estimate of drug-likeness (QED) is 0.158. The maximum Gasteiger partial charge on any atom is 0.336 e. The Morgan fingerprint density at radius 2 is 1.61 bits per heavy atom. The highest BCUT2D eigenvalue weighted by molar-refractivity contribution is 6.20. The number of hydrogen-bond donors (Lipinski definition) is 3. The van der Waals surface area contributed by atoms with E-state index < -0.39 is 5.97 Å². The maximum atomic E-state index is 11.7. The topological polar surface area (TPSA) is 108 Å². The van der Waals surface area contributed by atoms with Gasteiger partial charge in [-0.3, -0.25) is 0 Å². The number of hydrogen-bond acceptors (Lipinski definition) is 5. The van der Waals surface area contributed by atoms with Crippen LogP contribution in [0.2, 0.25) is 0 Å². The molecule has 0 aliphatic heterocycles. The van der Waals surface area contributed by atoms with Crippen molar-refractivity contribution >= 4 is 45.5 Å². The van der Waals surface area contributed by atoms with E-state index in [4.69, 9.17) is 5.73 Å². The van der Waals surface area contributed by atoms with E-state index in [9.17, 15) is 15.0 Å². The smallest absolute Gasteiger partial charge is 0.336 e. The second-order valence-electron chi connectivity index (χ2n) is 6.90. The van der Waals surface area contributed by atoms with Gasteiger partial charge in [0.1, 0.15) is 11.4 Å². The summed E-state index contributed by atoms with van der Waals surface area (Å²) in [4.78, 5) is 11.7. The molecular weight excluding hydrogens is 390 g/mol. The molecule has 0 aromatic heterocycles. The Labute approximate surface area is 178 Å². The maximum absolute atomic E-state index is 11.7. The van der Waals surface area contributed by atoms with Gasteiger partial charge in [-0.15, -0.1) is 5.11 Å². The SMILES string of the molecule is Nc1ccc2ccccc2c1N=Nc1ccc(/C=C(/C(=O)O)c2ccccc2)c(O)c1. The molecule has 4 rings (SSSR count).